The minimum Gasteiger partial charge on any atom is -0.301 e. The zero-order valence-electron chi connectivity index (χ0n) is 5.98. The molecule has 0 aromatic heterocycles. The van der Waals surface area contributed by atoms with Gasteiger partial charge in [-0.15, -0.1) is 0 Å². The third-order valence-corrected chi connectivity index (χ3v) is 0.853. The average molecular weight is 367 g/mol. The van der Waals surface area contributed by atoms with Crippen molar-refractivity contribution in [1.29, 1.82) is 0 Å². The number of hydrogen-bond donors (Lipinski definition) is 0. The monoisotopic (exact) mass is 367 g/mol. The van der Waals surface area contributed by atoms with Gasteiger partial charge in [0.1, 0.15) is 5.78 Å². The first-order valence-corrected chi connectivity index (χ1v) is 2.30. The molecular weight excluding hydrogens is 349 g/mol. The number of carbonyl (C=O) groups excluding carboxylic acids is 1. The Hall–Kier alpha value is 0.787. The third-order valence-electron chi connectivity index (χ3n) is 0.853. The quantitative estimate of drug-likeness (QED) is 0.685. The van der Waals surface area contributed by atoms with Gasteiger partial charge in [-0.05, 0) is 12.7 Å². The van der Waals surface area contributed by atoms with E-state index in [4.69, 9.17) is 9.22 Å². The van der Waals surface area contributed by atoms with Crippen LogP contribution < -0.4 is 0 Å². The van der Waals surface area contributed by atoms with Crippen LogP contribution >= 0.6 is 0 Å². The van der Waals surface area contributed by atoms with E-state index in [1.54, 1.807) is 0 Å². The second kappa shape index (κ2) is 12.5. The Morgan fingerprint density at radius 3 is 2.20 bits per heavy atom. The summed E-state index contributed by atoms with van der Waals surface area (Å²) in [5.74, 6) is -0.583. The van der Waals surface area contributed by atoms with Crippen molar-refractivity contribution in [3.05, 3.63) is 0 Å². The van der Waals surface area contributed by atoms with Crippen molar-refractivity contribution in [3.8, 4) is 0 Å². The van der Waals surface area contributed by atoms with E-state index >= 15 is 0 Å². The summed E-state index contributed by atoms with van der Waals surface area (Å²) in [4.78, 5) is 10.4. The molecule has 10 heavy (non-hydrogen) atoms. The van der Waals surface area contributed by atoms with Crippen LogP contribution in [0.2, 0.25) is 5.82 Å². The number of rotatable bonds is 2. The van der Waals surface area contributed by atoms with Crippen LogP contribution in [-0.4, -0.2) is 13.6 Å². The average Bonchev–Trinajstić information content (AvgIpc) is 1.84. The van der Waals surface area contributed by atoms with Crippen LogP contribution in [0.5, 0.6) is 0 Å². The predicted molar refractivity (Wildman–Crippen MR) is 43.9 cm³/mol. The van der Waals surface area contributed by atoms with Crippen molar-refractivity contribution in [2.24, 2.45) is 0 Å². The molecule has 58 valence electrons. The molecule has 0 fully saturated rings. The molecule has 1 nitrogen and oxygen atoms in total. The Labute approximate surface area is 91.5 Å². The van der Waals surface area contributed by atoms with Gasteiger partial charge in [0.15, 0.2) is 0 Å². The van der Waals surface area contributed by atoms with E-state index in [2.05, 4.69) is 0 Å². The van der Waals surface area contributed by atoms with Crippen LogP contribution in [0.15, 0.2) is 0 Å². The summed E-state index contributed by atoms with van der Waals surface area (Å²) in [5, 5.41) is 0. The summed E-state index contributed by atoms with van der Waals surface area (Å²) in [7, 11) is 5.26. The fourth-order valence-corrected chi connectivity index (χ4v) is 0.228. The van der Waals surface area contributed by atoms with E-state index in [0.717, 1.165) is 0 Å². The van der Waals surface area contributed by atoms with Gasteiger partial charge in [0.25, 0.3) is 0 Å². The topological polar surface area (TPSA) is 17.1 Å². The van der Waals surface area contributed by atoms with Crippen molar-refractivity contribution in [2.45, 2.75) is 40.9 Å². The number of carbonyl (C=O) groups is 1. The van der Waals surface area contributed by atoms with Gasteiger partial charge in [-0.1, -0.05) is 28.2 Å². The summed E-state index contributed by atoms with van der Waals surface area (Å²) >= 11 is 0. The molecule has 0 aliphatic carbocycles. The molecule has 0 saturated heterocycles. The molecule has 3 heteroatoms. The first-order valence-electron chi connectivity index (χ1n) is 3.00. The molecule has 0 aromatic rings. The molecule has 0 rings (SSSR count). The predicted octanol–water partition coefficient (Wildman–Crippen LogP) is 2.21. The van der Waals surface area contributed by atoms with Gasteiger partial charge < -0.3 is 4.79 Å². The van der Waals surface area contributed by atoms with Gasteiger partial charge in [0.2, 0.25) is 0 Å². The van der Waals surface area contributed by atoms with E-state index in [1.807, 2.05) is 6.92 Å². The van der Waals surface area contributed by atoms with Crippen LogP contribution in [0.3, 0.4) is 0 Å². The van der Waals surface area contributed by atoms with Gasteiger partial charge >= 0.3 is 0 Å². The normalized spacial score (nSPS) is 10.7. The van der Waals surface area contributed by atoms with Gasteiger partial charge in [-0.2, -0.15) is 0 Å². The minimum atomic E-state index is -0.410. The Balaban J connectivity index is -0.0000000817. The van der Waals surface area contributed by atoms with Gasteiger partial charge in [0.05, 0.1) is 7.85 Å². The van der Waals surface area contributed by atoms with Crippen molar-refractivity contribution >= 4 is 13.6 Å². The van der Waals surface area contributed by atoms with E-state index in [1.165, 1.54) is 0 Å². The van der Waals surface area contributed by atoms with Crippen LogP contribution in [0.1, 0.15) is 36.5 Å². The Morgan fingerprint density at radius 2 is 2.10 bits per heavy atom. The molecule has 1 atom stereocenters. The zero-order valence-corrected chi connectivity index (χ0v) is 9.14. The number of Topliss-reactive ketones (excluding diaryl/α,β-unsaturated/α-hetero) is 1. The second-order valence-corrected chi connectivity index (χ2v) is 1.48. The molecule has 2 radical (unpaired) electrons. The second-order valence-electron chi connectivity index (χ2n) is 1.48. The molecule has 0 heterocycles. The van der Waals surface area contributed by atoms with Gasteiger partial charge in [-0.3, -0.25) is 0 Å². The maximum atomic E-state index is 10.4. The van der Waals surface area contributed by atoms with Gasteiger partial charge in [-0.25, -0.2) is 0 Å². The smallest absolute Gasteiger partial charge is 0.124 e. The van der Waals surface area contributed by atoms with E-state index in [9.17, 15) is 4.79 Å². The molecular formula is C7H17BOU. The number of hydrogen-bond acceptors (Lipinski definition) is 1. The summed E-state index contributed by atoms with van der Waals surface area (Å²) in [6, 6.07) is 0. The molecule has 1 unspecified atom stereocenters. The molecule has 0 N–H and O–H groups in total. The van der Waals surface area contributed by atoms with Crippen LogP contribution in [0, 0.1) is 31.1 Å². The first-order chi connectivity index (χ1) is 3.72. The Bertz CT molecular complexity index is 90.5. The SMILES string of the molecule is C.C.[2H]CC(=O)C([B])CC.[U]. The molecule has 0 bridgehead atoms. The summed E-state index contributed by atoms with van der Waals surface area (Å²) < 4.78 is 6.61. The van der Waals surface area contributed by atoms with Gasteiger partial charge in [0, 0.05) is 32.5 Å². The molecule has 0 aromatic carbocycles. The fourth-order valence-electron chi connectivity index (χ4n) is 0.228. The van der Waals surface area contributed by atoms with Crippen molar-refractivity contribution in [3.63, 3.8) is 0 Å². The van der Waals surface area contributed by atoms with Crippen molar-refractivity contribution in [1.82, 2.24) is 0 Å². The maximum Gasteiger partial charge on any atom is 0.124 e. The summed E-state index contributed by atoms with van der Waals surface area (Å²) in [5.41, 5.74) is 0. The molecule has 0 spiro atoms. The molecule has 0 saturated carbocycles. The molecule has 0 aliphatic rings. The maximum absolute atomic E-state index is 10.4. The first kappa shape index (κ1) is 17.0. The molecule has 0 aliphatic heterocycles. The third kappa shape index (κ3) is 11.6. The number of ketones is 1. The van der Waals surface area contributed by atoms with Crippen LogP contribution in [-0.2, 0) is 4.79 Å². The van der Waals surface area contributed by atoms with E-state index in [0.29, 0.717) is 6.42 Å². The van der Waals surface area contributed by atoms with Crippen LogP contribution in [0.4, 0.5) is 0 Å². The standard InChI is InChI=1S/C5H9BO.2CH4.U/c1-3-5(6)4(2)7;;;/h5H,3H2,1-2H3;2*1H4;/i2D;;;. The van der Waals surface area contributed by atoms with E-state index < -0.39 is 5.82 Å². The summed E-state index contributed by atoms with van der Waals surface area (Å²) in [6.45, 7) is 1.65. The van der Waals surface area contributed by atoms with E-state index in [-0.39, 0.29) is 58.6 Å². The minimum absolute atomic E-state index is 0. The van der Waals surface area contributed by atoms with Crippen molar-refractivity contribution < 1.29 is 37.3 Å². The van der Waals surface area contributed by atoms with Crippen molar-refractivity contribution in [2.75, 3.05) is 0 Å². The van der Waals surface area contributed by atoms with Crippen LogP contribution in [0.25, 0.3) is 0 Å². The Morgan fingerprint density at radius 1 is 1.70 bits per heavy atom. The zero-order chi connectivity index (χ0) is 6.57. The fraction of sp³-hybridized carbons (Fsp3) is 0.857. The molecule has 0 amide bonds. The largest absolute Gasteiger partial charge is 0.301 e. The Kier molecular flexibility index (Phi) is 21.2. The summed E-state index contributed by atoms with van der Waals surface area (Å²) in [6.07, 6.45) is 0.637.